The van der Waals surface area contributed by atoms with Crippen molar-refractivity contribution in [2.45, 2.75) is 0 Å². The summed E-state index contributed by atoms with van der Waals surface area (Å²) in [7, 11) is 0. The van der Waals surface area contributed by atoms with Crippen molar-refractivity contribution in [3.8, 4) is 6.07 Å². The van der Waals surface area contributed by atoms with Crippen LogP contribution in [0.3, 0.4) is 0 Å². The second-order valence-corrected chi connectivity index (χ2v) is 3.37. The van der Waals surface area contributed by atoms with Crippen molar-refractivity contribution in [1.29, 1.82) is 5.26 Å². The maximum atomic E-state index is 8.32. The van der Waals surface area contributed by atoms with Crippen LogP contribution in [0.25, 0.3) is 0 Å². The van der Waals surface area contributed by atoms with Gasteiger partial charge in [-0.15, -0.1) is 0 Å². The fourth-order valence-corrected chi connectivity index (χ4v) is 1.27. The SMILES string of the molecule is C=C1C=CC(I)=C(/C=C/C#N)N1. The third kappa shape index (κ3) is 2.24. The summed E-state index contributed by atoms with van der Waals surface area (Å²) >= 11 is 2.20. The van der Waals surface area contributed by atoms with Gasteiger partial charge in [0.2, 0.25) is 0 Å². The molecule has 0 radical (unpaired) electrons. The van der Waals surface area contributed by atoms with Crippen molar-refractivity contribution in [2.24, 2.45) is 0 Å². The fourth-order valence-electron chi connectivity index (χ4n) is 0.780. The summed E-state index contributed by atoms with van der Waals surface area (Å²) in [5.74, 6) is 0. The average molecular weight is 270 g/mol. The number of nitrogens with zero attached hydrogens (tertiary/aromatic N) is 1. The first-order valence-corrected chi connectivity index (χ1v) is 4.42. The molecule has 1 aliphatic heterocycles. The first-order valence-electron chi connectivity index (χ1n) is 3.34. The molecule has 1 N–H and O–H groups in total. The van der Waals surface area contributed by atoms with Crippen molar-refractivity contribution >= 4 is 22.6 Å². The van der Waals surface area contributed by atoms with Crippen LogP contribution in [0.4, 0.5) is 0 Å². The highest BCUT2D eigenvalue weighted by molar-refractivity contribution is 14.1. The zero-order chi connectivity index (χ0) is 8.97. The summed E-state index contributed by atoms with van der Waals surface area (Å²) in [6, 6.07) is 1.94. The Hall–Kier alpha value is -1.02. The van der Waals surface area contributed by atoms with Gasteiger partial charge < -0.3 is 5.32 Å². The predicted octanol–water partition coefficient (Wildman–Crippen LogP) is 2.39. The van der Waals surface area contributed by atoms with E-state index in [0.29, 0.717) is 0 Å². The second kappa shape index (κ2) is 4.12. The summed E-state index contributed by atoms with van der Waals surface area (Å²) < 4.78 is 1.08. The molecule has 0 aromatic heterocycles. The van der Waals surface area contributed by atoms with Crippen LogP contribution >= 0.6 is 22.6 Å². The van der Waals surface area contributed by atoms with Crippen LogP contribution in [-0.2, 0) is 0 Å². The van der Waals surface area contributed by atoms with Gasteiger partial charge in [-0.2, -0.15) is 5.26 Å². The fraction of sp³-hybridized carbons (Fsp3) is 0. The van der Waals surface area contributed by atoms with E-state index in [9.17, 15) is 0 Å². The monoisotopic (exact) mass is 270 g/mol. The number of allylic oxidation sites excluding steroid dienone is 5. The Balaban J connectivity index is 2.88. The van der Waals surface area contributed by atoms with Crippen LogP contribution in [0, 0.1) is 11.3 Å². The first kappa shape index (κ1) is 9.07. The van der Waals surface area contributed by atoms with Crippen LogP contribution < -0.4 is 5.32 Å². The second-order valence-electron chi connectivity index (χ2n) is 2.21. The standard InChI is InChI=1S/C9H7IN2/c1-7-4-5-8(10)9(12-7)3-2-6-11/h2-5,12H,1H2/b3-2+. The first-order chi connectivity index (χ1) is 5.74. The highest BCUT2D eigenvalue weighted by Crippen LogP contribution is 2.19. The molecule has 0 saturated heterocycles. The van der Waals surface area contributed by atoms with Crippen molar-refractivity contribution < 1.29 is 0 Å². The normalized spacial score (nSPS) is 16.5. The Morgan fingerprint density at radius 2 is 2.33 bits per heavy atom. The predicted molar refractivity (Wildman–Crippen MR) is 57.2 cm³/mol. The van der Waals surface area contributed by atoms with Crippen molar-refractivity contribution in [3.63, 3.8) is 0 Å². The lowest BCUT2D eigenvalue weighted by atomic mass is 10.2. The molecule has 0 bridgehead atoms. The number of nitrogens with one attached hydrogen (secondary N) is 1. The third-order valence-electron chi connectivity index (χ3n) is 1.31. The lowest BCUT2D eigenvalue weighted by molar-refractivity contribution is 1.04. The van der Waals surface area contributed by atoms with Gasteiger partial charge in [-0.1, -0.05) is 6.58 Å². The van der Waals surface area contributed by atoms with E-state index in [0.717, 1.165) is 15.0 Å². The van der Waals surface area contributed by atoms with Gasteiger partial charge in [-0.3, -0.25) is 0 Å². The molecule has 0 saturated carbocycles. The van der Waals surface area contributed by atoms with E-state index in [-0.39, 0.29) is 0 Å². The van der Waals surface area contributed by atoms with E-state index in [1.165, 1.54) is 6.08 Å². The zero-order valence-electron chi connectivity index (χ0n) is 6.34. The summed E-state index contributed by atoms with van der Waals surface area (Å²) in [6.07, 6.45) is 7.02. The van der Waals surface area contributed by atoms with Gasteiger partial charge in [-0.25, -0.2) is 0 Å². The van der Waals surface area contributed by atoms with Gasteiger partial charge in [0.25, 0.3) is 0 Å². The number of hydrogen-bond acceptors (Lipinski definition) is 2. The van der Waals surface area contributed by atoms with Gasteiger partial charge in [0, 0.05) is 15.4 Å². The lowest BCUT2D eigenvalue weighted by Gasteiger charge is -2.12. The minimum Gasteiger partial charge on any atom is -0.355 e. The van der Waals surface area contributed by atoms with Gasteiger partial charge in [0.1, 0.15) is 0 Å². The molecular weight excluding hydrogens is 263 g/mol. The molecule has 0 amide bonds. The lowest BCUT2D eigenvalue weighted by Crippen LogP contribution is -2.12. The maximum absolute atomic E-state index is 8.32. The van der Waals surface area contributed by atoms with Crippen molar-refractivity contribution in [1.82, 2.24) is 5.32 Å². The summed E-state index contributed by atoms with van der Waals surface area (Å²) in [4.78, 5) is 0. The molecule has 3 heteroatoms. The molecule has 0 aromatic rings. The molecule has 60 valence electrons. The van der Waals surface area contributed by atoms with E-state index in [2.05, 4.69) is 34.5 Å². The van der Waals surface area contributed by atoms with Gasteiger partial charge in [0.15, 0.2) is 0 Å². The number of hydrogen-bond donors (Lipinski definition) is 1. The smallest absolute Gasteiger partial charge is 0.0912 e. The largest absolute Gasteiger partial charge is 0.355 e. The van der Waals surface area contributed by atoms with Gasteiger partial charge in [0.05, 0.1) is 11.8 Å². The summed E-state index contributed by atoms with van der Waals surface area (Å²) in [5, 5.41) is 11.4. The van der Waals surface area contributed by atoms with E-state index in [1.54, 1.807) is 6.08 Å². The quantitative estimate of drug-likeness (QED) is 0.586. The van der Waals surface area contributed by atoms with Gasteiger partial charge >= 0.3 is 0 Å². The molecule has 0 fully saturated rings. The molecule has 0 spiro atoms. The molecule has 0 aliphatic carbocycles. The minimum atomic E-state index is 0.841. The van der Waals surface area contributed by atoms with Crippen molar-refractivity contribution in [3.05, 3.63) is 45.9 Å². The van der Waals surface area contributed by atoms with Crippen LogP contribution in [0.15, 0.2) is 45.9 Å². The van der Waals surface area contributed by atoms with E-state index >= 15 is 0 Å². The Morgan fingerprint density at radius 3 is 3.00 bits per heavy atom. The van der Waals surface area contributed by atoms with Crippen molar-refractivity contribution in [2.75, 3.05) is 0 Å². The Morgan fingerprint density at radius 1 is 1.58 bits per heavy atom. The molecule has 0 unspecified atom stereocenters. The minimum absolute atomic E-state index is 0.841. The number of halogens is 1. The zero-order valence-corrected chi connectivity index (χ0v) is 8.50. The Kier molecular flexibility index (Phi) is 3.11. The Labute approximate surface area is 85.1 Å². The molecule has 12 heavy (non-hydrogen) atoms. The molecule has 1 heterocycles. The molecule has 2 nitrogen and oxygen atoms in total. The molecular formula is C9H7IN2. The highest BCUT2D eigenvalue weighted by Gasteiger charge is 2.02. The van der Waals surface area contributed by atoms with Gasteiger partial charge in [-0.05, 0) is 40.8 Å². The summed E-state index contributed by atoms with van der Waals surface area (Å²) in [5.41, 5.74) is 1.76. The topological polar surface area (TPSA) is 35.8 Å². The molecule has 1 rings (SSSR count). The number of dihydropyridines is 1. The van der Waals surface area contributed by atoms with Crippen LogP contribution in [0.1, 0.15) is 0 Å². The number of rotatable bonds is 1. The van der Waals surface area contributed by atoms with E-state index in [1.807, 2.05) is 18.2 Å². The molecule has 1 aliphatic rings. The summed E-state index contributed by atoms with van der Waals surface area (Å²) in [6.45, 7) is 3.75. The van der Waals surface area contributed by atoms with E-state index in [4.69, 9.17) is 5.26 Å². The molecule has 0 aromatic carbocycles. The van der Waals surface area contributed by atoms with Crippen LogP contribution in [-0.4, -0.2) is 0 Å². The van der Waals surface area contributed by atoms with Crippen LogP contribution in [0.5, 0.6) is 0 Å². The van der Waals surface area contributed by atoms with Crippen LogP contribution in [0.2, 0.25) is 0 Å². The molecule has 0 atom stereocenters. The maximum Gasteiger partial charge on any atom is 0.0912 e. The third-order valence-corrected chi connectivity index (χ3v) is 2.25. The average Bonchev–Trinajstić information content (AvgIpc) is 2.07. The Bertz CT molecular complexity index is 329. The van der Waals surface area contributed by atoms with E-state index < -0.39 is 0 Å². The number of nitriles is 1. The highest BCUT2D eigenvalue weighted by atomic mass is 127.